The normalized spacial score (nSPS) is 19.8. The molecule has 2 aliphatic rings. The lowest BCUT2D eigenvalue weighted by Gasteiger charge is -2.38. The summed E-state index contributed by atoms with van der Waals surface area (Å²) in [6.07, 6.45) is 0.539. The Balaban J connectivity index is 1.60. The summed E-state index contributed by atoms with van der Waals surface area (Å²) in [5, 5.41) is 7.14. The zero-order chi connectivity index (χ0) is 19.8. The highest BCUT2D eigenvalue weighted by atomic mass is 16.5. The highest BCUT2D eigenvalue weighted by Crippen LogP contribution is 2.48. The van der Waals surface area contributed by atoms with E-state index in [1.54, 1.807) is 0 Å². The van der Waals surface area contributed by atoms with Crippen molar-refractivity contribution in [1.82, 2.24) is 5.01 Å². The van der Waals surface area contributed by atoms with E-state index in [2.05, 4.69) is 54.4 Å². The number of aryl methyl sites for hydroxylation is 1. The highest BCUT2D eigenvalue weighted by molar-refractivity contribution is 6.02. The second-order valence-corrected chi connectivity index (χ2v) is 7.49. The molecule has 4 nitrogen and oxygen atoms in total. The van der Waals surface area contributed by atoms with Gasteiger partial charge in [-0.25, -0.2) is 5.01 Å². The first kappa shape index (κ1) is 17.8. The molecule has 2 heterocycles. The number of fused-ring (bicyclic) bond motifs is 3. The Bertz CT molecular complexity index is 1060. The highest BCUT2D eigenvalue weighted by Gasteiger charge is 2.41. The van der Waals surface area contributed by atoms with Crippen LogP contribution < -0.4 is 9.47 Å². The summed E-state index contributed by atoms with van der Waals surface area (Å²) in [5.74, 6) is 1.77. The molecular formula is C25H24N2O2. The lowest BCUT2D eigenvalue weighted by Crippen LogP contribution is -2.34. The van der Waals surface area contributed by atoms with E-state index >= 15 is 0 Å². The SMILES string of the molecule is CCOc1ccccc1[C@H]1Oc2ccccc2[C@@H]2CC(c3ccc(C)cc3)=NN12. The maximum atomic E-state index is 6.46. The molecule has 0 amide bonds. The third-order valence-electron chi connectivity index (χ3n) is 5.57. The number of nitrogens with zero attached hydrogens (tertiary/aromatic N) is 2. The molecule has 146 valence electrons. The smallest absolute Gasteiger partial charge is 0.217 e. The molecule has 0 bridgehead atoms. The first-order chi connectivity index (χ1) is 14.2. The number of hydrazone groups is 1. The Morgan fingerprint density at radius 1 is 0.966 bits per heavy atom. The average molecular weight is 384 g/mol. The van der Waals surface area contributed by atoms with Gasteiger partial charge in [0.15, 0.2) is 0 Å². The molecular weight excluding hydrogens is 360 g/mol. The van der Waals surface area contributed by atoms with E-state index in [1.165, 1.54) is 16.7 Å². The topological polar surface area (TPSA) is 34.1 Å². The minimum atomic E-state index is -0.319. The lowest BCUT2D eigenvalue weighted by atomic mass is 9.95. The molecule has 0 aromatic heterocycles. The molecule has 0 saturated heterocycles. The maximum absolute atomic E-state index is 6.46. The van der Waals surface area contributed by atoms with Crippen molar-refractivity contribution < 1.29 is 9.47 Å². The Morgan fingerprint density at radius 3 is 2.48 bits per heavy atom. The van der Waals surface area contributed by atoms with Crippen LogP contribution in [0.4, 0.5) is 0 Å². The van der Waals surface area contributed by atoms with Crippen LogP contribution in [0.1, 0.15) is 47.9 Å². The summed E-state index contributed by atoms with van der Waals surface area (Å²) >= 11 is 0. The minimum Gasteiger partial charge on any atom is -0.493 e. The van der Waals surface area contributed by atoms with Gasteiger partial charge in [0.25, 0.3) is 0 Å². The van der Waals surface area contributed by atoms with Crippen molar-refractivity contribution in [3.8, 4) is 11.5 Å². The van der Waals surface area contributed by atoms with Crippen molar-refractivity contribution in [2.24, 2.45) is 5.10 Å². The fourth-order valence-corrected chi connectivity index (χ4v) is 4.13. The van der Waals surface area contributed by atoms with Gasteiger partial charge in [-0.15, -0.1) is 0 Å². The number of ether oxygens (including phenoxy) is 2. The summed E-state index contributed by atoms with van der Waals surface area (Å²) in [5.41, 5.74) is 5.70. The quantitative estimate of drug-likeness (QED) is 0.584. The van der Waals surface area contributed by atoms with Gasteiger partial charge in [-0.05, 0) is 37.6 Å². The van der Waals surface area contributed by atoms with Crippen molar-refractivity contribution in [1.29, 1.82) is 0 Å². The monoisotopic (exact) mass is 384 g/mol. The lowest BCUT2D eigenvalue weighted by molar-refractivity contribution is -0.0205. The summed E-state index contributed by atoms with van der Waals surface area (Å²) in [7, 11) is 0. The standard InChI is InChI=1S/C25H24N2O2/c1-3-28-23-10-6-5-9-20(23)25-27-22(19-8-4-7-11-24(19)29-25)16-21(26-27)18-14-12-17(2)13-15-18/h4-15,22,25H,3,16H2,1-2H3/t22-,25+/m0/s1. The zero-order valence-corrected chi connectivity index (χ0v) is 16.7. The van der Waals surface area contributed by atoms with Gasteiger partial charge in [0.05, 0.1) is 23.9 Å². The van der Waals surface area contributed by atoms with Gasteiger partial charge < -0.3 is 9.47 Å². The van der Waals surface area contributed by atoms with E-state index in [-0.39, 0.29) is 12.3 Å². The third-order valence-corrected chi connectivity index (χ3v) is 5.57. The van der Waals surface area contributed by atoms with E-state index in [0.717, 1.165) is 29.2 Å². The van der Waals surface area contributed by atoms with E-state index in [0.29, 0.717) is 6.61 Å². The van der Waals surface area contributed by atoms with Crippen LogP contribution in [0.3, 0.4) is 0 Å². The van der Waals surface area contributed by atoms with E-state index < -0.39 is 0 Å². The predicted molar refractivity (Wildman–Crippen MR) is 114 cm³/mol. The van der Waals surface area contributed by atoms with E-state index in [4.69, 9.17) is 14.6 Å². The maximum Gasteiger partial charge on any atom is 0.217 e. The fourth-order valence-electron chi connectivity index (χ4n) is 4.13. The van der Waals surface area contributed by atoms with Crippen molar-refractivity contribution >= 4 is 5.71 Å². The van der Waals surface area contributed by atoms with Gasteiger partial charge in [0.1, 0.15) is 11.5 Å². The Morgan fingerprint density at radius 2 is 1.69 bits per heavy atom. The molecule has 2 atom stereocenters. The first-order valence-electron chi connectivity index (χ1n) is 10.1. The van der Waals surface area contributed by atoms with Crippen LogP contribution in [0.25, 0.3) is 0 Å². The van der Waals surface area contributed by atoms with Crippen LogP contribution in [0.2, 0.25) is 0 Å². The molecule has 0 radical (unpaired) electrons. The largest absolute Gasteiger partial charge is 0.493 e. The molecule has 3 aromatic rings. The summed E-state index contributed by atoms with van der Waals surface area (Å²) < 4.78 is 12.4. The van der Waals surface area contributed by atoms with Crippen LogP contribution in [0.15, 0.2) is 77.9 Å². The van der Waals surface area contributed by atoms with Crippen molar-refractivity contribution in [3.05, 3.63) is 95.1 Å². The van der Waals surface area contributed by atoms with E-state index in [9.17, 15) is 0 Å². The Labute approximate surface area is 171 Å². The van der Waals surface area contributed by atoms with Crippen LogP contribution >= 0.6 is 0 Å². The van der Waals surface area contributed by atoms with Gasteiger partial charge in [-0.2, -0.15) is 5.10 Å². The van der Waals surface area contributed by atoms with Gasteiger partial charge in [-0.3, -0.25) is 0 Å². The minimum absolute atomic E-state index is 0.149. The molecule has 29 heavy (non-hydrogen) atoms. The summed E-state index contributed by atoms with van der Waals surface area (Å²) in [6.45, 7) is 4.72. The van der Waals surface area contributed by atoms with Gasteiger partial charge in [0.2, 0.25) is 6.23 Å². The molecule has 3 aromatic carbocycles. The molecule has 0 spiro atoms. The molecule has 0 saturated carbocycles. The van der Waals surface area contributed by atoms with Gasteiger partial charge in [-0.1, -0.05) is 60.2 Å². The second kappa shape index (κ2) is 7.28. The number of rotatable bonds is 4. The van der Waals surface area contributed by atoms with Crippen molar-refractivity contribution in [2.45, 2.75) is 32.5 Å². The molecule has 0 aliphatic carbocycles. The van der Waals surface area contributed by atoms with Gasteiger partial charge >= 0.3 is 0 Å². The zero-order valence-electron chi connectivity index (χ0n) is 16.7. The van der Waals surface area contributed by atoms with E-state index in [1.807, 2.05) is 37.3 Å². The number of para-hydroxylation sites is 2. The molecule has 5 rings (SSSR count). The Kier molecular flexibility index (Phi) is 4.47. The van der Waals surface area contributed by atoms with Crippen LogP contribution in [0, 0.1) is 6.92 Å². The first-order valence-corrected chi connectivity index (χ1v) is 10.1. The van der Waals surface area contributed by atoms with Gasteiger partial charge in [0, 0.05) is 12.0 Å². The third kappa shape index (κ3) is 3.15. The second-order valence-electron chi connectivity index (χ2n) is 7.49. The predicted octanol–water partition coefficient (Wildman–Crippen LogP) is 5.64. The fraction of sp³-hybridized carbons (Fsp3) is 0.240. The van der Waals surface area contributed by atoms with Crippen LogP contribution in [-0.4, -0.2) is 17.3 Å². The molecule has 0 unspecified atom stereocenters. The number of hydrogen-bond donors (Lipinski definition) is 0. The molecule has 0 N–H and O–H groups in total. The van der Waals surface area contributed by atoms with Crippen LogP contribution in [-0.2, 0) is 0 Å². The summed E-state index contributed by atoms with van der Waals surface area (Å²) in [6, 6.07) is 25.1. The molecule has 0 fully saturated rings. The summed E-state index contributed by atoms with van der Waals surface area (Å²) in [4.78, 5) is 0. The molecule has 2 aliphatic heterocycles. The molecule has 4 heteroatoms. The number of benzene rings is 3. The average Bonchev–Trinajstić information content (AvgIpc) is 3.20. The van der Waals surface area contributed by atoms with Crippen molar-refractivity contribution in [3.63, 3.8) is 0 Å². The number of hydrogen-bond acceptors (Lipinski definition) is 4. The van der Waals surface area contributed by atoms with Crippen LogP contribution in [0.5, 0.6) is 11.5 Å². The van der Waals surface area contributed by atoms with Crippen molar-refractivity contribution in [2.75, 3.05) is 6.61 Å². The Hall–Kier alpha value is -3.27.